The Kier molecular flexibility index (Phi) is 3.51. The number of carbonyl (C=O) groups is 1. The first-order chi connectivity index (χ1) is 8.99. The zero-order valence-electron chi connectivity index (χ0n) is 10.8. The maximum Gasteiger partial charge on any atom is 0.347 e. The predicted molar refractivity (Wildman–Crippen MR) is 72.0 cm³/mol. The van der Waals surface area contributed by atoms with E-state index in [1.807, 2.05) is 24.3 Å². The van der Waals surface area contributed by atoms with Gasteiger partial charge in [-0.15, -0.1) is 0 Å². The highest BCUT2D eigenvalue weighted by Gasteiger charge is 2.29. The summed E-state index contributed by atoms with van der Waals surface area (Å²) < 4.78 is 5.44. The molecule has 1 aromatic carbocycles. The highest BCUT2D eigenvalue weighted by Crippen LogP contribution is 2.24. The predicted octanol–water partition coefficient (Wildman–Crippen LogP) is 2.99. The number of pyridine rings is 1. The van der Waals surface area contributed by atoms with Gasteiger partial charge in [-0.3, -0.25) is 4.98 Å². The average Bonchev–Trinajstić information content (AvgIpc) is 2.40. The van der Waals surface area contributed by atoms with Gasteiger partial charge in [0.1, 0.15) is 5.75 Å². The summed E-state index contributed by atoms with van der Waals surface area (Å²) in [7, 11) is 0. The van der Waals surface area contributed by atoms with Crippen molar-refractivity contribution >= 4 is 5.97 Å². The SMILES string of the molecule is CC(C)(Oc1ccc(-c2ccncc2)cc1)C(=O)O. The minimum absolute atomic E-state index is 0.533. The van der Waals surface area contributed by atoms with Crippen molar-refractivity contribution in [1.29, 1.82) is 0 Å². The molecular formula is C15H15NO3. The number of ether oxygens (including phenoxy) is 1. The van der Waals surface area contributed by atoms with Gasteiger partial charge in [0.05, 0.1) is 0 Å². The van der Waals surface area contributed by atoms with Crippen molar-refractivity contribution in [1.82, 2.24) is 4.98 Å². The van der Waals surface area contributed by atoms with Crippen molar-refractivity contribution in [3.05, 3.63) is 48.8 Å². The number of carboxylic acids is 1. The maximum atomic E-state index is 11.0. The monoisotopic (exact) mass is 257 g/mol. The second-order valence-electron chi connectivity index (χ2n) is 4.68. The zero-order valence-corrected chi connectivity index (χ0v) is 10.8. The van der Waals surface area contributed by atoms with Crippen molar-refractivity contribution < 1.29 is 14.6 Å². The smallest absolute Gasteiger partial charge is 0.347 e. The van der Waals surface area contributed by atoms with Gasteiger partial charge in [-0.1, -0.05) is 12.1 Å². The second-order valence-corrected chi connectivity index (χ2v) is 4.68. The van der Waals surface area contributed by atoms with Gasteiger partial charge < -0.3 is 9.84 Å². The van der Waals surface area contributed by atoms with Gasteiger partial charge in [-0.05, 0) is 49.2 Å². The molecule has 1 aromatic heterocycles. The highest BCUT2D eigenvalue weighted by atomic mass is 16.5. The first-order valence-corrected chi connectivity index (χ1v) is 5.92. The van der Waals surface area contributed by atoms with Gasteiger partial charge in [0.15, 0.2) is 5.60 Å². The standard InChI is InChI=1S/C15H15NO3/c1-15(2,14(17)18)19-13-5-3-11(4-6-13)12-7-9-16-10-8-12/h3-10H,1-2H3,(H,17,18). The molecule has 0 amide bonds. The van der Waals surface area contributed by atoms with E-state index in [0.29, 0.717) is 5.75 Å². The fourth-order valence-electron chi connectivity index (χ4n) is 1.60. The van der Waals surface area contributed by atoms with E-state index in [-0.39, 0.29) is 0 Å². The van der Waals surface area contributed by atoms with Gasteiger partial charge >= 0.3 is 5.97 Å². The van der Waals surface area contributed by atoms with Gasteiger partial charge in [0.25, 0.3) is 0 Å². The molecule has 2 aromatic rings. The summed E-state index contributed by atoms with van der Waals surface area (Å²) in [5.41, 5.74) is 0.847. The molecule has 0 aliphatic heterocycles. The summed E-state index contributed by atoms with van der Waals surface area (Å²) in [5, 5.41) is 9.00. The molecule has 98 valence electrons. The molecule has 4 nitrogen and oxygen atoms in total. The second kappa shape index (κ2) is 5.10. The van der Waals surface area contributed by atoms with Crippen LogP contribution in [0.25, 0.3) is 11.1 Å². The normalized spacial score (nSPS) is 11.1. The number of rotatable bonds is 4. The van der Waals surface area contributed by atoms with Crippen LogP contribution < -0.4 is 4.74 Å². The number of benzene rings is 1. The molecule has 0 unspecified atom stereocenters. The van der Waals surface area contributed by atoms with Crippen LogP contribution in [-0.4, -0.2) is 21.7 Å². The van der Waals surface area contributed by atoms with Crippen LogP contribution in [0.1, 0.15) is 13.8 Å². The molecule has 1 heterocycles. The number of nitrogens with zero attached hydrogens (tertiary/aromatic N) is 1. The number of aliphatic carboxylic acids is 1. The quantitative estimate of drug-likeness (QED) is 0.914. The van der Waals surface area contributed by atoms with E-state index in [1.54, 1.807) is 24.5 Å². The highest BCUT2D eigenvalue weighted by molar-refractivity contribution is 5.76. The van der Waals surface area contributed by atoms with Crippen LogP contribution in [0, 0.1) is 0 Å². The van der Waals surface area contributed by atoms with Crippen molar-refractivity contribution in [3.8, 4) is 16.9 Å². The first kappa shape index (κ1) is 13.1. The average molecular weight is 257 g/mol. The number of hydrogen-bond donors (Lipinski definition) is 1. The molecule has 2 rings (SSSR count). The third-order valence-electron chi connectivity index (χ3n) is 2.76. The van der Waals surface area contributed by atoms with Crippen molar-refractivity contribution in [2.75, 3.05) is 0 Å². The van der Waals surface area contributed by atoms with E-state index in [9.17, 15) is 4.79 Å². The van der Waals surface area contributed by atoms with Crippen molar-refractivity contribution in [2.45, 2.75) is 19.4 Å². The van der Waals surface area contributed by atoms with E-state index in [1.165, 1.54) is 13.8 Å². The molecule has 0 fully saturated rings. The first-order valence-electron chi connectivity index (χ1n) is 5.92. The summed E-state index contributed by atoms with van der Waals surface area (Å²) in [4.78, 5) is 14.9. The van der Waals surface area contributed by atoms with Gasteiger partial charge in [0.2, 0.25) is 0 Å². The lowest BCUT2D eigenvalue weighted by Crippen LogP contribution is -2.37. The Labute approximate surface area is 111 Å². The molecule has 0 atom stereocenters. The summed E-state index contributed by atoms with van der Waals surface area (Å²) >= 11 is 0. The molecule has 0 saturated heterocycles. The van der Waals surface area contributed by atoms with E-state index in [0.717, 1.165) is 11.1 Å². The molecule has 0 saturated carbocycles. The molecule has 0 aliphatic rings. The van der Waals surface area contributed by atoms with Crippen LogP contribution in [0.4, 0.5) is 0 Å². The molecule has 0 bridgehead atoms. The summed E-state index contributed by atoms with van der Waals surface area (Å²) in [6, 6.07) is 11.1. The van der Waals surface area contributed by atoms with E-state index >= 15 is 0 Å². The fourth-order valence-corrected chi connectivity index (χ4v) is 1.60. The van der Waals surface area contributed by atoms with Crippen LogP contribution in [-0.2, 0) is 4.79 Å². The van der Waals surface area contributed by atoms with Crippen molar-refractivity contribution in [2.24, 2.45) is 0 Å². The molecule has 0 radical (unpaired) electrons. The molecule has 19 heavy (non-hydrogen) atoms. The Balaban J connectivity index is 2.18. The Bertz CT molecular complexity index is 562. The Morgan fingerprint density at radius 3 is 2.11 bits per heavy atom. The van der Waals surface area contributed by atoms with E-state index < -0.39 is 11.6 Å². The Hall–Kier alpha value is -2.36. The van der Waals surface area contributed by atoms with E-state index in [4.69, 9.17) is 9.84 Å². The molecular weight excluding hydrogens is 242 g/mol. The number of hydrogen-bond acceptors (Lipinski definition) is 3. The lowest BCUT2D eigenvalue weighted by Gasteiger charge is -2.21. The molecule has 0 spiro atoms. The van der Waals surface area contributed by atoms with Gasteiger partial charge in [-0.2, -0.15) is 0 Å². The zero-order chi connectivity index (χ0) is 13.9. The number of carboxylic acid groups (broad SMARTS) is 1. The molecule has 4 heteroatoms. The topological polar surface area (TPSA) is 59.4 Å². The van der Waals surface area contributed by atoms with Crippen molar-refractivity contribution in [3.63, 3.8) is 0 Å². The third-order valence-corrected chi connectivity index (χ3v) is 2.76. The third kappa shape index (κ3) is 3.10. The Morgan fingerprint density at radius 1 is 1.05 bits per heavy atom. The summed E-state index contributed by atoms with van der Waals surface area (Å²) in [6.07, 6.45) is 3.46. The minimum Gasteiger partial charge on any atom is -0.478 e. The Morgan fingerprint density at radius 2 is 1.58 bits per heavy atom. The molecule has 1 N–H and O–H groups in total. The lowest BCUT2D eigenvalue weighted by molar-refractivity contribution is -0.152. The van der Waals surface area contributed by atoms with Crippen LogP contribution in [0.2, 0.25) is 0 Å². The largest absolute Gasteiger partial charge is 0.478 e. The summed E-state index contributed by atoms with van der Waals surface area (Å²) in [5.74, 6) is -0.462. The van der Waals surface area contributed by atoms with Gasteiger partial charge in [-0.25, -0.2) is 4.79 Å². The summed E-state index contributed by atoms with van der Waals surface area (Å²) in [6.45, 7) is 3.04. The van der Waals surface area contributed by atoms with Gasteiger partial charge in [0, 0.05) is 12.4 Å². The lowest BCUT2D eigenvalue weighted by atomic mass is 10.1. The maximum absolute atomic E-state index is 11.0. The molecule has 0 aliphatic carbocycles. The van der Waals surface area contributed by atoms with Crippen LogP contribution in [0.3, 0.4) is 0 Å². The fraction of sp³-hybridized carbons (Fsp3) is 0.200. The van der Waals surface area contributed by atoms with Crippen LogP contribution >= 0.6 is 0 Å². The van der Waals surface area contributed by atoms with Crippen LogP contribution in [0.15, 0.2) is 48.8 Å². The van der Waals surface area contributed by atoms with Crippen LogP contribution in [0.5, 0.6) is 5.75 Å². The van der Waals surface area contributed by atoms with E-state index in [2.05, 4.69) is 4.98 Å². The number of aromatic nitrogens is 1. The minimum atomic E-state index is -1.24.